The first-order chi connectivity index (χ1) is 8.75. The van der Waals surface area contributed by atoms with Crippen LogP contribution in [0.5, 0.6) is 0 Å². The summed E-state index contributed by atoms with van der Waals surface area (Å²) in [5.74, 6) is 0. The Kier molecular flexibility index (Phi) is 4.89. The van der Waals surface area contributed by atoms with Crippen LogP contribution in [-0.4, -0.2) is 30.7 Å². The topological polar surface area (TPSA) is 80.5 Å². The summed E-state index contributed by atoms with van der Waals surface area (Å²) in [5, 5.41) is 11.0. The third-order valence-electron chi connectivity index (χ3n) is 2.83. The number of hydrogen-bond acceptors (Lipinski definition) is 4. The fourth-order valence-electron chi connectivity index (χ4n) is 1.69. The van der Waals surface area contributed by atoms with Crippen LogP contribution in [0.4, 0.5) is 5.69 Å². The van der Waals surface area contributed by atoms with E-state index in [1.807, 2.05) is 0 Å². The quantitative estimate of drug-likeness (QED) is 0.618. The number of nitro groups is 1. The van der Waals surface area contributed by atoms with Gasteiger partial charge in [-0.2, -0.15) is 4.31 Å². The van der Waals surface area contributed by atoms with Gasteiger partial charge in [0, 0.05) is 24.7 Å². The first-order valence-electron chi connectivity index (χ1n) is 5.70. The van der Waals surface area contributed by atoms with Gasteiger partial charge in [-0.25, -0.2) is 8.42 Å². The Labute approximate surface area is 117 Å². The second-order valence-corrected chi connectivity index (χ2v) is 6.24. The molecule has 0 saturated carbocycles. The highest BCUT2D eigenvalue weighted by Crippen LogP contribution is 2.30. The van der Waals surface area contributed by atoms with Gasteiger partial charge in [-0.15, -0.1) is 0 Å². The van der Waals surface area contributed by atoms with E-state index in [4.69, 9.17) is 11.6 Å². The Hall–Kier alpha value is -1.18. The van der Waals surface area contributed by atoms with Crippen molar-refractivity contribution in [3.8, 4) is 0 Å². The summed E-state index contributed by atoms with van der Waals surface area (Å²) in [6, 6.07) is 2.30. The minimum absolute atomic E-state index is 0.0694. The minimum Gasteiger partial charge on any atom is -0.258 e. The van der Waals surface area contributed by atoms with E-state index in [-0.39, 0.29) is 34.3 Å². The molecule has 0 aliphatic rings. The van der Waals surface area contributed by atoms with Gasteiger partial charge in [0.05, 0.1) is 14.8 Å². The zero-order valence-corrected chi connectivity index (χ0v) is 12.5. The summed E-state index contributed by atoms with van der Waals surface area (Å²) >= 11 is 5.87. The minimum atomic E-state index is -3.75. The van der Waals surface area contributed by atoms with Gasteiger partial charge >= 0.3 is 0 Å². The average Bonchev–Trinajstić information content (AvgIpc) is 2.33. The largest absolute Gasteiger partial charge is 0.275 e. The maximum Gasteiger partial charge on any atom is 0.275 e. The summed E-state index contributed by atoms with van der Waals surface area (Å²) in [4.78, 5) is 10.1. The van der Waals surface area contributed by atoms with E-state index >= 15 is 0 Å². The van der Waals surface area contributed by atoms with E-state index in [0.717, 1.165) is 6.07 Å². The van der Waals surface area contributed by atoms with Crippen molar-refractivity contribution in [2.45, 2.75) is 25.7 Å². The van der Waals surface area contributed by atoms with Crippen molar-refractivity contribution in [2.75, 3.05) is 13.1 Å². The van der Waals surface area contributed by atoms with Crippen LogP contribution in [0.15, 0.2) is 17.0 Å². The zero-order valence-electron chi connectivity index (χ0n) is 10.9. The molecule has 0 aromatic heterocycles. The van der Waals surface area contributed by atoms with Crippen molar-refractivity contribution in [1.82, 2.24) is 4.31 Å². The molecule has 19 heavy (non-hydrogen) atoms. The standard InChI is InChI=1S/C11H15ClN2O4S/c1-4-13(5-2)19(17,18)9-6-10(12)8(3)11(7-9)14(15)16/h6-7H,4-5H2,1-3H3. The molecule has 0 aliphatic heterocycles. The Balaban J connectivity index is 3.49. The van der Waals surface area contributed by atoms with Crippen molar-refractivity contribution < 1.29 is 13.3 Å². The molecule has 0 heterocycles. The molecular formula is C11H15ClN2O4S. The number of benzene rings is 1. The number of sulfonamides is 1. The zero-order chi connectivity index (χ0) is 14.8. The van der Waals surface area contributed by atoms with Crippen LogP contribution in [0.1, 0.15) is 19.4 Å². The lowest BCUT2D eigenvalue weighted by molar-refractivity contribution is -0.385. The van der Waals surface area contributed by atoms with E-state index in [1.165, 1.54) is 17.3 Å². The van der Waals surface area contributed by atoms with Crippen LogP contribution in [-0.2, 0) is 10.0 Å². The lowest BCUT2D eigenvalue weighted by atomic mass is 10.2. The molecule has 0 N–H and O–H groups in total. The Morgan fingerprint density at radius 1 is 1.32 bits per heavy atom. The number of rotatable bonds is 5. The molecular weight excluding hydrogens is 292 g/mol. The SMILES string of the molecule is CCN(CC)S(=O)(=O)c1cc(Cl)c(C)c([N+](=O)[O-])c1. The van der Waals surface area contributed by atoms with Crippen LogP contribution in [0.25, 0.3) is 0 Å². The second-order valence-electron chi connectivity index (χ2n) is 3.90. The van der Waals surface area contributed by atoms with Gasteiger partial charge in [0.2, 0.25) is 10.0 Å². The smallest absolute Gasteiger partial charge is 0.258 e. The summed E-state index contributed by atoms with van der Waals surface area (Å²) in [5.41, 5.74) is -0.0385. The number of halogens is 1. The molecule has 0 radical (unpaired) electrons. The Morgan fingerprint density at radius 3 is 2.26 bits per heavy atom. The molecule has 1 rings (SSSR count). The molecule has 0 saturated heterocycles. The van der Waals surface area contributed by atoms with Gasteiger partial charge in [-0.3, -0.25) is 10.1 Å². The van der Waals surface area contributed by atoms with Gasteiger partial charge in [0.1, 0.15) is 0 Å². The molecule has 8 heteroatoms. The molecule has 0 spiro atoms. The highest BCUT2D eigenvalue weighted by atomic mass is 35.5. The highest BCUT2D eigenvalue weighted by Gasteiger charge is 2.26. The van der Waals surface area contributed by atoms with Crippen LogP contribution < -0.4 is 0 Å². The van der Waals surface area contributed by atoms with E-state index in [2.05, 4.69) is 0 Å². The second kappa shape index (κ2) is 5.85. The molecule has 0 amide bonds. The predicted octanol–water partition coefficient (Wildman–Crippen LogP) is 2.59. The molecule has 106 valence electrons. The monoisotopic (exact) mass is 306 g/mol. The van der Waals surface area contributed by atoms with Gasteiger partial charge in [-0.1, -0.05) is 25.4 Å². The Bertz CT molecular complexity index is 597. The van der Waals surface area contributed by atoms with Crippen molar-refractivity contribution in [3.63, 3.8) is 0 Å². The molecule has 1 aromatic rings. The lowest BCUT2D eigenvalue weighted by Crippen LogP contribution is -2.30. The third-order valence-corrected chi connectivity index (χ3v) is 5.25. The highest BCUT2D eigenvalue weighted by molar-refractivity contribution is 7.89. The third kappa shape index (κ3) is 3.05. The van der Waals surface area contributed by atoms with Crippen molar-refractivity contribution in [3.05, 3.63) is 32.8 Å². The van der Waals surface area contributed by atoms with E-state index < -0.39 is 14.9 Å². The van der Waals surface area contributed by atoms with Crippen LogP contribution in [0.2, 0.25) is 5.02 Å². The van der Waals surface area contributed by atoms with Crippen LogP contribution in [0, 0.1) is 17.0 Å². The van der Waals surface area contributed by atoms with Crippen LogP contribution >= 0.6 is 11.6 Å². The van der Waals surface area contributed by atoms with Gasteiger partial charge in [0.15, 0.2) is 0 Å². The first-order valence-corrected chi connectivity index (χ1v) is 7.52. The number of nitrogens with zero attached hydrogens (tertiary/aromatic N) is 2. The normalized spacial score (nSPS) is 11.8. The molecule has 0 bridgehead atoms. The maximum absolute atomic E-state index is 12.3. The number of nitro benzene ring substituents is 1. The summed E-state index contributed by atoms with van der Waals surface area (Å²) in [6.45, 7) is 5.46. The van der Waals surface area contributed by atoms with E-state index in [0.29, 0.717) is 0 Å². The number of hydrogen-bond donors (Lipinski definition) is 0. The molecule has 6 nitrogen and oxygen atoms in total. The van der Waals surface area contributed by atoms with Gasteiger partial charge in [0.25, 0.3) is 5.69 Å². The van der Waals surface area contributed by atoms with Crippen molar-refractivity contribution in [1.29, 1.82) is 0 Å². The molecule has 0 aliphatic carbocycles. The fourth-order valence-corrected chi connectivity index (χ4v) is 3.48. The molecule has 1 aromatic carbocycles. The molecule has 0 fully saturated rings. The van der Waals surface area contributed by atoms with Crippen LogP contribution in [0.3, 0.4) is 0 Å². The molecule has 0 atom stereocenters. The van der Waals surface area contributed by atoms with E-state index in [9.17, 15) is 18.5 Å². The summed E-state index contributed by atoms with van der Waals surface area (Å²) < 4.78 is 25.8. The molecule has 0 unspecified atom stereocenters. The summed E-state index contributed by atoms with van der Waals surface area (Å²) in [6.07, 6.45) is 0. The summed E-state index contributed by atoms with van der Waals surface area (Å²) in [7, 11) is -3.75. The first kappa shape index (κ1) is 15.9. The fraction of sp³-hybridized carbons (Fsp3) is 0.455. The van der Waals surface area contributed by atoms with Crippen molar-refractivity contribution >= 4 is 27.3 Å². The maximum atomic E-state index is 12.3. The predicted molar refractivity (Wildman–Crippen MR) is 73.0 cm³/mol. The van der Waals surface area contributed by atoms with Crippen molar-refractivity contribution in [2.24, 2.45) is 0 Å². The van der Waals surface area contributed by atoms with E-state index in [1.54, 1.807) is 13.8 Å². The van der Waals surface area contributed by atoms with Gasteiger partial charge in [-0.05, 0) is 13.0 Å². The average molecular weight is 307 g/mol. The van der Waals surface area contributed by atoms with Gasteiger partial charge < -0.3 is 0 Å². The lowest BCUT2D eigenvalue weighted by Gasteiger charge is -2.18. The Morgan fingerprint density at radius 2 is 1.84 bits per heavy atom.